The average molecular weight is 432 g/mol. The normalized spacial score (nSPS) is 15.6. The molecule has 0 aliphatic heterocycles. The van der Waals surface area contributed by atoms with E-state index in [9.17, 15) is 8.96 Å². The zero-order chi connectivity index (χ0) is 17.4. The monoisotopic (exact) mass is 432 g/mol. The molecule has 0 aliphatic carbocycles. The van der Waals surface area contributed by atoms with Gasteiger partial charge in [-0.2, -0.15) is 0 Å². The summed E-state index contributed by atoms with van der Waals surface area (Å²) in [6.07, 6.45) is 2.92. The van der Waals surface area contributed by atoms with Crippen LogP contribution >= 0.6 is 7.60 Å². The van der Waals surface area contributed by atoms with Crippen LogP contribution in [0.25, 0.3) is 11.2 Å². The van der Waals surface area contributed by atoms with Gasteiger partial charge in [-0.25, -0.2) is 4.39 Å². The molecule has 24 heavy (non-hydrogen) atoms. The predicted octanol–water partition coefficient (Wildman–Crippen LogP) is 1.89. The fourth-order valence-corrected chi connectivity index (χ4v) is 2.45. The summed E-state index contributed by atoms with van der Waals surface area (Å²) >= 11 is 0. The molecule has 2 aromatic rings. The van der Waals surface area contributed by atoms with E-state index in [0.717, 1.165) is 6.92 Å². The van der Waals surface area contributed by atoms with Gasteiger partial charge in [0.2, 0.25) is 5.85 Å². The summed E-state index contributed by atoms with van der Waals surface area (Å²) in [5.41, 5.74) is 1.62. The third-order valence-electron chi connectivity index (χ3n) is 3.48. The van der Waals surface area contributed by atoms with E-state index in [1.54, 1.807) is 18.4 Å². The van der Waals surface area contributed by atoms with Crippen LogP contribution < -0.4 is 0 Å². The van der Waals surface area contributed by atoms with E-state index in [1.165, 1.54) is 6.33 Å². The van der Waals surface area contributed by atoms with Crippen molar-refractivity contribution in [2.75, 3.05) is 6.35 Å². The number of fused-ring (bicyclic) bond motifs is 1. The van der Waals surface area contributed by atoms with Crippen molar-refractivity contribution in [1.82, 2.24) is 19.5 Å². The average Bonchev–Trinajstić information content (AvgIpc) is 2.88. The second kappa shape index (κ2) is 7.76. The minimum Gasteiger partial charge on any atom is -0.369 e. The van der Waals surface area contributed by atoms with Crippen molar-refractivity contribution >= 4 is 18.8 Å². The molecule has 11 heteroatoms. The van der Waals surface area contributed by atoms with Crippen molar-refractivity contribution in [2.45, 2.75) is 32.7 Å². The van der Waals surface area contributed by atoms with Crippen LogP contribution in [0.3, 0.4) is 0 Å². The summed E-state index contributed by atoms with van der Waals surface area (Å²) in [4.78, 5) is 29.7. The Hall–Kier alpha value is -0.566. The number of imidazole rings is 1. The summed E-state index contributed by atoms with van der Waals surface area (Å²) in [5.74, 6) is -2.43. The van der Waals surface area contributed by atoms with Crippen LogP contribution in [-0.2, 0) is 42.0 Å². The molecule has 0 saturated carbocycles. The molecular formula is C13H17FN4O4PY-. The summed E-state index contributed by atoms with van der Waals surface area (Å²) in [6.45, 7) is 8.11. The Bertz CT molecular complexity index is 791. The maximum Gasteiger partial charge on any atom is 0.351 e. The molecule has 0 spiro atoms. The fraction of sp³-hybridized carbons (Fsp3) is 0.462. The Morgan fingerprint density at radius 2 is 2.21 bits per heavy atom. The molecule has 2 N–H and O–H groups in total. The van der Waals surface area contributed by atoms with Gasteiger partial charge in [0.15, 0.2) is 6.35 Å². The Morgan fingerprint density at radius 3 is 2.79 bits per heavy atom. The van der Waals surface area contributed by atoms with Crippen LogP contribution in [0.2, 0.25) is 0 Å². The number of ether oxygens (including phenoxy) is 1. The summed E-state index contributed by atoms with van der Waals surface area (Å²) in [7, 11) is -4.49. The first-order valence-electron chi connectivity index (χ1n) is 6.67. The van der Waals surface area contributed by atoms with Crippen molar-refractivity contribution in [3.05, 3.63) is 30.5 Å². The van der Waals surface area contributed by atoms with Crippen LogP contribution in [0.1, 0.15) is 25.6 Å². The van der Waals surface area contributed by atoms with Gasteiger partial charge in [-0.1, -0.05) is 13.5 Å². The van der Waals surface area contributed by atoms with E-state index in [4.69, 9.17) is 14.5 Å². The van der Waals surface area contributed by atoms with E-state index in [0.29, 0.717) is 16.9 Å². The number of hydrogen-bond donors (Lipinski definition) is 2. The number of aromatic nitrogens is 4. The Morgan fingerprint density at radius 1 is 1.58 bits per heavy atom. The maximum absolute atomic E-state index is 14.6. The minimum atomic E-state index is -4.49. The smallest absolute Gasteiger partial charge is 0.351 e. The molecule has 0 unspecified atom stereocenters. The number of hydrogen-bond acceptors (Lipinski definition) is 5. The van der Waals surface area contributed by atoms with Crippen molar-refractivity contribution in [2.24, 2.45) is 0 Å². The number of alkyl halides is 1. The standard InChI is InChI=1S/C13H17FN4O4P.Y/c1-8(13(4,14)22-7-23(19,20)21)10(3)18-6-17-11-9(2)15-5-16-12(11)18;/h6,10H,1,7H2,2-4H3,(H2,19,20,21);/q-1;/t10-,13+;/m1./s1. The molecule has 1 radical (unpaired) electrons. The first kappa shape index (κ1) is 21.5. The molecule has 2 heterocycles. The second-order valence-corrected chi connectivity index (χ2v) is 6.88. The number of nitrogens with zero attached hydrogens (tertiary/aromatic N) is 4. The molecule has 2 aromatic heterocycles. The van der Waals surface area contributed by atoms with E-state index < -0.39 is 25.8 Å². The van der Waals surface area contributed by atoms with Gasteiger partial charge in [0.05, 0.1) is 6.33 Å². The largest absolute Gasteiger partial charge is 0.369 e. The van der Waals surface area contributed by atoms with E-state index in [2.05, 4.69) is 27.9 Å². The topological polar surface area (TPSA) is 110 Å². The number of rotatable bonds is 6. The summed E-state index contributed by atoms with van der Waals surface area (Å²) in [6, 6.07) is -0.616. The Labute approximate surface area is 163 Å². The van der Waals surface area contributed by atoms with Gasteiger partial charge in [0, 0.05) is 61.8 Å². The first-order chi connectivity index (χ1) is 10.5. The van der Waals surface area contributed by atoms with Crippen LogP contribution in [-0.4, -0.2) is 41.5 Å². The third-order valence-corrected chi connectivity index (χ3v) is 3.95. The zero-order valence-corrected chi connectivity index (χ0v) is 17.2. The summed E-state index contributed by atoms with van der Waals surface area (Å²) < 4.78 is 31.7. The SMILES string of the molecule is C=C([C@@H](C)n1cnc2c(C)n[c-]nc21)[C@@](C)(F)OCP(=O)(O)O.[Y]. The zero-order valence-electron chi connectivity index (χ0n) is 13.5. The molecular weight excluding hydrogens is 415 g/mol. The Balaban J connectivity index is 0.00000288. The van der Waals surface area contributed by atoms with E-state index >= 15 is 0 Å². The third kappa shape index (κ3) is 4.74. The van der Waals surface area contributed by atoms with Gasteiger partial charge in [-0.05, 0) is 19.5 Å². The number of aryl methyl sites for hydroxylation is 1. The Kier molecular flexibility index (Phi) is 6.95. The molecule has 0 aromatic carbocycles. The molecule has 0 amide bonds. The first-order valence-corrected chi connectivity index (χ1v) is 8.46. The predicted molar refractivity (Wildman–Crippen MR) is 80.3 cm³/mol. The molecule has 2 atom stereocenters. The van der Waals surface area contributed by atoms with E-state index in [1.807, 2.05) is 0 Å². The van der Waals surface area contributed by atoms with Crippen molar-refractivity contribution in [3.63, 3.8) is 0 Å². The maximum atomic E-state index is 14.6. The van der Waals surface area contributed by atoms with Gasteiger partial charge in [-0.15, -0.1) is 0 Å². The van der Waals surface area contributed by atoms with Gasteiger partial charge in [0.25, 0.3) is 0 Å². The van der Waals surface area contributed by atoms with Crippen molar-refractivity contribution < 1.29 is 56.2 Å². The number of halogens is 1. The van der Waals surface area contributed by atoms with Gasteiger partial charge < -0.3 is 29.1 Å². The second-order valence-electron chi connectivity index (χ2n) is 5.29. The van der Waals surface area contributed by atoms with Crippen LogP contribution in [0, 0.1) is 13.3 Å². The van der Waals surface area contributed by atoms with Crippen LogP contribution in [0.4, 0.5) is 4.39 Å². The quantitative estimate of drug-likeness (QED) is 0.408. The van der Waals surface area contributed by atoms with Gasteiger partial charge in [0.1, 0.15) is 0 Å². The van der Waals surface area contributed by atoms with Crippen LogP contribution in [0.5, 0.6) is 0 Å². The van der Waals surface area contributed by atoms with Crippen molar-refractivity contribution in [3.8, 4) is 0 Å². The molecule has 129 valence electrons. The van der Waals surface area contributed by atoms with E-state index in [-0.39, 0.29) is 38.3 Å². The molecule has 0 fully saturated rings. The molecule has 0 saturated heterocycles. The molecule has 8 nitrogen and oxygen atoms in total. The minimum absolute atomic E-state index is 0. The summed E-state index contributed by atoms with van der Waals surface area (Å²) in [5, 5.41) is 0. The van der Waals surface area contributed by atoms with Crippen LogP contribution in [0.15, 0.2) is 18.5 Å². The fourth-order valence-electron chi connectivity index (χ4n) is 2.04. The van der Waals surface area contributed by atoms with Gasteiger partial charge in [-0.3, -0.25) is 9.55 Å². The van der Waals surface area contributed by atoms with Crippen molar-refractivity contribution in [1.29, 1.82) is 0 Å². The molecule has 0 bridgehead atoms. The van der Waals surface area contributed by atoms with Gasteiger partial charge >= 0.3 is 7.60 Å². The molecule has 0 aliphatic rings. The molecule has 2 rings (SSSR count).